The molecule has 180 valence electrons. The molecule has 1 aliphatic heterocycles. The molecule has 3 amide bonds. The normalized spacial score (nSPS) is 16.4. The number of hydrogen-bond donors (Lipinski definition) is 3. The number of aliphatic hydroxyl groups excluding tert-OH is 1. The lowest BCUT2D eigenvalue weighted by Gasteiger charge is -2.24. The molecule has 3 aromatic carbocycles. The minimum atomic E-state index is -1.89. The number of halogens is 2. The summed E-state index contributed by atoms with van der Waals surface area (Å²) >= 11 is 0. The average Bonchev–Trinajstić information content (AvgIpc) is 2.92. The smallest absolute Gasteiger partial charge is 0.254 e. The molecule has 4 rings (SSSR count). The van der Waals surface area contributed by atoms with Crippen LogP contribution >= 0.6 is 0 Å². The van der Waals surface area contributed by atoms with Gasteiger partial charge in [-0.2, -0.15) is 0 Å². The van der Waals surface area contributed by atoms with Crippen LogP contribution in [-0.4, -0.2) is 35.9 Å². The van der Waals surface area contributed by atoms with Gasteiger partial charge in [-0.15, -0.1) is 0 Å². The molecule has 0 unspecified atom stereocenters. The molecule has 0 aromatic heterocycles. The van der Waals surface area contributed by atoms with E-state index in [1.807, 2.05) is 36.4 Å². The molecule has 1 aliphatic rings. The van der Waals surface area contributed by atoms with Crippen molar-refractivity contribution in [2.24, 2.45) is 0 Å². The van der Waals surface area contributed by atoms with Gasteiger partial charge in [0.25, 0.3) is 11.8 Å². The van der Waals surface area contributed by atoms with Crippen LogP contribution in [0.4, 0.5) is 14.5 Å². The van der Waals surface area contributed by atoms with Crippen LogP contribution in [0.3, 0.4) is 0 Å². The molecular weight excluding hydrogens is 456 g/mol. The van der Waals surface area contributed by atoms with Crippen molar-refractivity contribution in [1.29, 1.82) is 0 Å². The Balaban J connectivity index is 1.54. The van der Waals surface area contributed by atoms with E-state index in [-0.39, 0.29) is 11.5 Å². The fraction of sp³-hybridized carbons (Fsp3) is 0.192. The lowest BCUT2D eigenvalue weighted by Crippen LogP contribution is -2.49. The van der Waals surface area contributed by atoms with Crippen LogP contribution in [0, 0.1) is 11.6 Å². The second kappa shape index (κ2) is 9.63. The third-order valence-corrected chi connectivity index (χ3v) is 5.89. The molecular formula is C26H23F2N3O4. The number of anilines is 1. The number of rotatable bonds is 5. The van der Waals surface area contributed by atoms with Crippen molar-refractivity contribution in [3.63, 3.8) is 0 Å². The Morgan fingerprint density at radius 2 is 1.54 bits per heavy atom. The van der Waals surface area contributed by atoms with E-state index in [1.54, 1.807) is 19.2 Å². The van der Waals surface area contributed by atoms with Gasteiger partial charge >= 0.3 is 0 Å². The Bertz CT molecular complexity index is 1290. The first-order valence-electron chi connectivity index (χ1n) is 10.9. The highest BCUT2D eigenvalue weighted by molar-refractivity contribution is 6.06. The van der Waals surface area contributed by atoms with Crippen LogP contribution in [0.1, 0.15) is 30.2 Å². The molecule has 0 aliphatic carbocycles. The fourth-order valence-electron chi connectivity index (χ4n) is 4.08. The van der Waals surface area contributed by atoms with Gasteiger partial charge in [0.1, 0.15) is 23.7 Å². The average molecular weight is 479 g/mol. The minimum absolute atomic E-state index is 0.292. The van der Waals surface area contributed by atoms with E-state index in [0.717, 1.165) is 23.3 Å². The third kappa shape index (κ3) is 4.76. The summed E-state index contributed by atoms with van der Waals surface area (Å²) in [6.07, 6.45) is -1.89. The Hall–Kier alpha value is -4.11. The monoisotopic (exact) mass is 479 g/mol. The molecule has 35 heavy (non-hydrogen) atoms. The zero-order chi connectivity index (χ0) is 25.3. The molecule has 3 aromatic rings. The Labute approximate surface area is 200 Å². The zero-order valence-electron chi connectivity index (χ0n) is 19.0. The first kappa shape index (κ1) is 24.0. The summed E-state index contributed by atoms with van der Waals surface area (Å²) in [6.45, 7) is 1.37. The summed E-state index contributed by atoms with van der Waals surface area (Å²) in [5.41, 5.74) is 2.61. The summed E-state index contributed by atoms with van der Waals surface area (Å²) in [5.74, 6) is -3.97. The summed E-state index contributed by atoms with van der Waals surface area (Å²) in [4.78, 5) is 40.2. The number of nitrogens with zero attached hydrogens (tertiary/aromatic N) is 1. The molecule has 3 N–H and O–H groups in total. The summed E-state index contributed by atoms with van der Waals surface area (Å²) in [7, 11) is 1.62. The highest BCUT2D eigenvalue weighted by Gasteiger charge is 2.34. The van der Waals surface area contributed by atoms with Crippen molar-refractivity contribution < 1.29 is 28.3 Å². The molecule has 1 heterocycles. The molecule has 0 saturated heterocycles. The van der Waals surface area contributed by atoms with Crippen LogP contribution in [0.5, 0.6) is 0 Å². The van der Waals surface area contributed by atoms with E-state index in [1.165, 1.54) is 11.8 Å². The number of carbonyl (C=O) groups excluding carboxylic acids is 3. The summed E-state index contributed by atoms with van der Waals surface area (Å²) in [5, 5.41) is 15.2. The van der Waals surface area contributed by atoms with Crippen molar-refractivity contribution in [3.05, 3.63) is 89.5 Å². The lowest BCUT2D eigenvalue weighted by molar-refractivity contribution is -0.134. The van der Waals surface area contributed by atoms with Gasteiger partial charge in [0.2, 0.25) is 5.91 Å². The molecule has 7 nitrogen and oxygen atoms in total. The van der Waals surface area contributed by atoms with Crippen LogP contribution in [0.25, 0.3) is 11.1 Å². The van der Waals surface area contributed by atoms with Crippen LogP contribution < -0.4 is 15.5 Å². The number of para-hydroxylation sites is 1. The van der Waals surface area contributed by atoms with Gasteiger partial charge in [-0.1, -0.05) is 42.5 Å². The molecule has 0 saturated carbocycles. The maximum Gasteiger partial charge on any atom is 0.254 e. The first-order valence-corrected chi connectivity index (χ1v) is 10.9. The number of carbonyl (C=O) groups is 3. The Kier molecular flexibility index (Phi) is 6.61. The van der Waals surface area contributed by atoms with Gasteiger partial charge < -0.3 is 20.6 Å². The highest BCUT2D eigenvalue weighted by Crippen LogP contribution is 2.39. The van der Waals surface area contributed by atoms with E-state index in [0.29, 0.717) is 17.3 Å². The Morgan fingerprint density at radius 1 is 0.943 bits per heavy atom. The Morgan fingerprint density at radius 3 is 2.23 bits per heavy atom. The molecule has 9 heteroatoms. The summed E-state index contributed by atoms with van der Waals surface area (Å²) < 4.78 is 26.9. The van der Waals surface area contributed by atoms with Gasteiger partial charge in [0.15, 0.2) is 6.10 Å². The van der Waals surface area contributed by atoms with E-state index in [2.05, 4.69) is 10.6 Å². The van der Waals surface area contributed by atoms with Crippen LogP contribution in [-0.2, 0) is 14.4 Å². The molecule has 0 bridgehead atoms. The van der Waals surface area contributed by atoms with Crippen molar-refractivity contribution in [2.45, 2.75) is 25.1 Å². The standard InChI is InChI=1S/C26H23F2N3O4/c1-14(29-25(34)23(32)15-11-16(27)13-17(28)12-15)24(33)30-22-20-9-4-3-7-18(20)19-8-5-6-10-21(19)31(2)26(22)35/h3-14,22-23,32H,1-2H3,(H,29,34)(H,30,33)/t14-,22+,23-/m0/s1. The molecule has 0 radical (unpaired) electrons. The van der Waals surface area contributed by atoms with Gasteiger partial charge in [-0.25, -0.2) is 8.78 Å². The van der Waals surface area contributed by atoms with E-state index < -0.39 is 41.6 Å². The predicted octanol–water partition coefficient (Wildman–Crippen LogP) is 3.00. The minimum Gasteiger partial charge on any atom is -0.378 e. The first-order chi connectivity index (χ1) is 16.7. The lowest BCUT2D eigenvalue weighted by atomic mass is 9.95. The van der Waals surface area contributed by atoms with Gasteiger partial charge in [-0.05, 0) is 41.8 Å². The number of aliphatic hydroxyl groups is 1. The van der Waals surface area contributed by atoms with Crippen LogP contribution in [0.15, 0.2) is 66.7 Å². The van der Waals surface area contributed by atoms with E-state index >= 15 is 0 Å². The quantitative estimate of drug-likeness (QED) is 0.524. The predicted molar refractivity (Wildman–Crippen MR) is 125 cm³/mol. The molecule has 0 fully saturated rings. The SMILES string of the molecule is C[C@H](NC(=O)[C@@H](O)c1cc(F)cc(F)c1)C(=O)N[C@H]1C(=O)N(C)c2ccccc2-c2ccccc21. The second-order valence-corrected chi connectivity index (χ2v) is 8.28. The number of amides is 3. The number of benzene rings is 3. The number of nitrogens with one attached hydrogen (secondary N) is 2. The van der Waals surface area contributed by atoms with Crippen molar-refractivity contribution in [3.8, 4) is 11.1 Å². The van der Waals surface area contributed by atoms with E-state index in [9.17, 15) is 28.3 Å². The maximum absolute atomic E-state index is 13.4. The highest BCUT2D eigenvalue weighted by atomic mass is 19.1. The summed E-state index contributed by atoms with van der Waals surface area (Å²) in [6, 6.07) is 14.7. The van der Waals surface area contributed by atoms with E-state index in [4.69, 9.17) is 0 Å². The van der Waals surface area contributed by atoms with Crippen molar-refractivity contribution >= 4 is 23.4 Å². The number of hydrogen-bond acceptors (Lipinski definition) is 4. The topological polar surface area (TPSA) is 98.7 Å². The molecule has 3 atom stereocenters. The third-order valence-electron chi connectivity index (χ3n) is 5.89. The number of fused-ring (bicyclic) bond motifs is 3. The van der Waals surface area contributed by atoms with Crippen molar-refractivity contribution in [1.82, 2.24) is 10.6 Å². The second-order valence-electron chi connectivity index (χ2n) is 8.28. The largest absolute Gasteiger partial charge is 0.378 e. The van der Waals surface area contributed by atoms with Crippen molar-refractivity contribution in [2.75, 3.05) is 11.9 Å². The zero-order valence-corrected chi connectivity index (χ0v) is 19.0. The number of likely N-dealkylation sites (N-methyl/N-ethyl adjacent to an activating group) is 1. The van der Waals surface area contributed by atoms with Gasteiger partial charge in [0.05, 0.1) is 5.69 Å². The fourth-order valence-corrected chi connectivity index (χ4v) is 4.08. The molecule has 0 spiro atoms. The van der Waals surface area contributed by atoms with Crippen LogP contribution in [0.2, 0.25) is 0 Å². The van der Waals surface area contributed by atoms with Gasteiger partial charge in [-0.3, -0.25) is 14.4 Å². The maximum atomic E-state index is 13.4. The van der Waals surface area contributed by atoms with Gasteiger partial charge in [0, 0.05) is 18.7 Å².